The molecule has 3 aromatic rings. The van der Waals surface area contributed by atoms with Gasteiger partial charge in [0.25, 0.3) is 5.91 Å². The van der Waals surface area contributed by atoms with Crippen molar-refractivity contribution >= 4 is 33.4 Å². The number of benzene rings is 1. The van der Waals surface area contributed by atoms with Crippen LogP contribution in [0.2, 0.25) is 0 Å². The molecule has 2 aliphatic rings. The molecule has 7 nitrogen and oxygen atoms in total. The molecule has 8 heteroatoms. The highest BCUT2D eigenvalue weighted by molar-refractivity contribution is 7.17. The second kappa shape index (κ2) is 8.98. The van der Waals surface area contributed by atoms with E-state index in [4.69, 9.17) is 9.47 Å². The second-order valence-electron chi connectivity index (χ2n) is 9.41. The summed E-state index contributed by atoms with van der Waals surface area (Å²) in [5, 5.41) is 5.29. The normalized spacial score (nSPS) is 20.6. The molecule has 0 saturated heterocycles. The number of amides is 2. The fraction of sp³-hybridized carbons (Fsp3) is 0.462. The Bertz CT molecular complexity index is 1230. The fourth-order valence-electron chi connectivity index (χ4n) is 5.31. The van der Waals surface area contributed by atoms with Crippen LogP contribution in [0.3, 0.4) is 0 Å². The van der Waals surface area contributed by atoms with Crippen LogP contribution in [0.1, 0.15) is 48.7 Å². The molecule has 3 heterocycles. The molecule has 0 spiro atoms. The number of hydrogen-bond donors (Lipinski definition) is 1. The van der Waals surface area contributed by atoms with E-state index in [2.05, 4.69) is 5.32 Å². The molecule has 180 valence electrons. The van der Waals surface area contributed by atoms with Crippen LogP contribution in [0.5, 0.6) is 11.5 Å². The average molecular weight is 482 g/mol. The lowest BCUT2D eigenvalue weighted by Crippen LogP contribution is -2.65. The molecule has 1 saturated carbocycles. The van der Waals surface area contributed by atoms with Crippen LogP contribution in [0, 0.1) is 0 Å². The van der Waals surface area contributed by atoms with E-state index in [1.54, 1.807) is 30.5 Å². The summed E-state index contributed by atoms with van der Waals surface area (Å²) >= 11 is 1.62. The number of carbonyl (C=O) groups is 2. The summed E-state index contributed by atoms with van der Waals surface area (Å²) in [4.78, 5) is 29.2. The fourth-order valence-corrected chi connectivity index (χ4v) is 6.13. The Labute approximate surface area is 203 Å². The Kier molecular flexibility index (Phi) is 6.02. The van der Waals surface area contributed by atoms with Crippen molar-refractivity contribution in [1.82, 2.24) is 14.8 Å². The second-order valence-corrected chi connectivity index (χ2v) is 10.4. The number of hydrogen-bond acceptors (Lipinski definition) is 5. The molecular weight excluding hydrogens is 450 g/mol. The van der Waals surface area contributed by atoms with E-state index in [1.807, 2.05) is 47.2 Å². The van der Waals surface area contributed by atoms with Crippen LogP contribution in [0.25, 0.3) is 10.2 Å². The highest BCUT2D eigenvalue weighted by atomic mass is 32.1. The van der Waals surface area contributed by atoms with Crippen LogP contribution < -0.4 is 14.8 Å². The Morgan fingerprint density at radius 3 is 2.65 bits per heavy atom. The predicted molar refractivity (Wildman–Crippen MR) is 133 cm³/mol. The van der Waals surface area contributed by atoms with Gasteiger partial charge in [-0.1, -0.05) is 18.9 Å². The van der Waals surface area contributed by atoms with E-state index >= 15 is 0 Å². The summed E-state index contributed by atoms with van der Waals surface area (Å²) in [7, 11) is 3.22. The van der Waals surface area contributed by atoms with Gasteiger partial charge in [-0.25, -0.2) is 0 Å². The molecule has 0 bridgehead atoms. The van der Waals surface area contributed by atoms with Crippen molar-refractivity contribution in [1.29, 1.82) is 0 Å². The smallest absolute Gasteiger partial charge is 0.271 e. The standard InChI is InChI=1S/C26H31N3O4S/c1-26(25(31)27-18-6-4-5-7-18)16-28-19-11-13-34-23(19)15-20(28)24(30)29(26)12-10-17-8-9-21(32-2)22(14-17)33-3/h8-9,11,13-15,18H,4-7,10,12,16H2,1-3H3,(H,27,31)/t26-/m0/s1. The average Bonchev–Trinajstić information content (AvgIpc) is 3.58. The summed E-state index contributed by atoms with van der Waals surface area (Å²) in [5.41, 5.74) is 1.72. The molecule has 34 heavy (non-hydrogen) atoms. The molecular formula is C26H31N3O4S. The number of rotatable bonds is 7. The first kappa shape index (κ1) is 22.8. The van der Waals surface area contributed by atoms with Gasteiger partial charge < -0.3 is 24.3 Å². The minimum absolute atomic E-state index is 0.0669. The van der Waals surface area contributed by atoms with E-state index in [0.717, 1.165) is 41.5 Å². The summed E-state index contributed by atoms with van der Waals surface area (Å²) in [5.74, 6) is 1.15. The summed E-state index contributed by atoms with van der Waals surface area (Å²) in [6.45, 7) is 2.78. The number of thiophene rings is 1. The van der Waals surface area contributed by atoms with Crippen molar-refractivity contribution < 1.29 is 19.1 Å². The minimum atomic E-state index is -0.975. The summed E-state index contributed by atoms with van der Waals surface area (Å²) in [6, 6.07) is 9.97. The zero-order chi connectivity index (χ0) is 23.9. The highest BCUT2D eigenvalue weighted by Crippen LogP contribution is 2.35. The van der Waals surface area contributed by atoms with Crippen molar-refractivity contribution in [3.8, 4) is 11.5 Å². The molecule has 0 unspecified atom stereocenters. The third-order valence-electron chi connectivity index (χ3n) is 7.30. The van der Waals surface area contributed by atoms with E-state index in [1.165, 1.54) is 0 Å². The van der Waals surface area contributed by atoms with Crippen molar-refractivity contribution in [2.24, 2.45) is 0 Å². The first-order valence-corrected chi connectivity index (χ1v) is 12.7. The topological polar surface area (TPSA) is 72.8 Å². The van der Waals surface area contributed by atoms with Gasteiger partial charge in [0.2, 0.25) is 5.91 Å². The highest BCUT2D eigenvalue weighted by Gasteiger charge is 2.48. The molecule has 1 aliphatic heterocycles. The van der Waals surface area contributed by atoms with E-state index in [-0.39, 0.29) is 17.9 Å². The Morgan fingerprint density at radius 1 is 1.15 bits per heavy atom. The molecule has 1 fully saturated rings. The number of carbonyl (C=O) groups excluding carboxylic acids is 2. The quantitative estimate of drug-likeness (QED) is 0.548. The molecule has 0 radical (unpaired) electrons. The number of fused-ring (bicyclic) bond motifs is 3. The van der Waals surface area contributed by atoms with Crippen molar-refractivity contribution in [2.45, 2.75) is 57.2 Å². The monoisotopic (exact) mass is 481 g/mol. The third kappa shape index (κ3) is 3.83. The number of nitrogens with zero attached hydrogens (tertiary/aromatic N) is 2. The molecule has 2 amide bonds. The molecule has 5 rings (SSSR count). The van der Waals surface area contributed by atoms with Crippen LogP contribution in [0.4, 0.5) is 0 Å². The van der Waals surface area contributed by atoms with Gasteiger partial charge in [0, 0.05) is 12.6 Å². The molecule has 2 aromatic heterocycles. The van der Waals surface area contributed by atoms with Crippen molar-refractivity contribution in [3.63, 3.8) is 0 Å². The van der Waals surface area contributed by atoms with E-state index in [0.29, 0.717) is 36.7 Å². The van der Waals surface area contributed by atoms with Crippen molar-refractivity contribution in [2.75, 3.05) is 20.8 Å². The van der Waals surface area contributed by atoms with E-state index in [9.17, 15) is 9.59 Å². The first-order valence-electron chi connectivity index (χ1n) is 11.8. The van der Waals surface area contributed by atoms with Gasteiger partial charge in [0.05, 0.1) is 31.0 Å². The van der Waals surface area contributed by atoms with E-state index < -0.39 is 5.54 Å². The lowest BCUT2D eigenvalue weighted by molar-refractivity contribution is -0.133. The van der Waals surface area contributed by atoms with Gasteiger partial charge in [-0.05, 0) is 61.4 Å². The molecule has 1 atom stereocenters. The Balaban J connectivity index is 1.46. The van der Waals surface area contributed by atoms with Gasteiger partial charge in [-0.3, -0.25) is 9.59 Å². The van der Waals surface area contributed by atoms with Gasteiger partial charge in [0.15, 0.2) is 11.5 Å². The third-order valence-corrected chi connectivity index (χ3v) is 8.15. The maximum Gasteiger partial charge on any atom is 0.271 e. The van der Waals surface area contributed by atoms with Gasteiger partial charge >= 0.3 is 0 Å². The lowest BCUT2D eigenvalue weighted by atomic mass is 9.93. The molecule has 1 aliphatic carbocycles. The number of ether oxygens (including phenoxy) is 2. The van der Waals surface area contributed by atoms with Gasteiger partial charge in [-0.15, -0.1) is 11.3 Å². The SMILES string of the molecule is COc1ccc(CCN2C(=O)c3cc4sccc4n3C[C@@]2(C)C(=O)NC2CCCC2)cc1OC. The summed E-state index contributed by atoms with van der Waals surface area (Å²) < 4.78 is 13.9. The number of methoxy groups -OCH3 is 2. The largest absolute Gasteiger partial charge is 0.493 e. The Hall–Kier alpha value is -3.00. The maximum atomic E-state index is 13.8. The summed E-state index contributed by atoms with van der Waals surface area (Å²) in [6.07, 6.45) is 4.89. The maximum absolute atomic E-state index is 13.8. The van der Waals surface area contributed by atoms with Crippen LogP contribution in [-0.2, 0) is 17.8 Å². The zero-order valence-electron chi connectivity index (χ0n) is 19.9. The predicted octanol–water partition coefficient (Wildman–Crippen LogP) is 4.24. The zero-order valence-corrected chi connectivity index (χ0v) is 20.7. The van der Waals surface area contributed by atoms with Gasteiger partial charge in [-0.2, -0.15) is 0 Å². The number of aromatic nitrogens is 1. The first-order chi connectivity index (χ1) is 16.4. The number of nitrogens with one attached hydrogen (secondary N) is 1. The Morgan fingerprint density at radius 2 is 1.91 bits per heavy atom. The van der Waals surface area contributed by atoms with Gasteiger partial charge in [0.1, 0.15) is 11.2 Å². The van der Waals surface area contributed by atoms with Crippen LogP contribution in [0.15, 0.2) is 35.7 Å². The van der Waals surface area contributed by atoms with Crippen molar-refractivity contribution in [3.05, 3.63) is 47.0 Å². The minimum Gasteiger partial charge on any atom is -0.493 e. The van der Waals surface area contributed by atoms with Crippen LogP contribution in [-0.4, -0.2) is 53.6 Å². The lowest BCUT2D eigenvalue weighted by Gasteiger charge is -2.44. The molecule has 1 aromatic carbocycles. The van der Waals surface area contributed by atoms with Crippen LogP contribution >= 0.6 is 11.3 Å². The molecule has 1 N–H and O–H groups in total.